The van der Waals surface area contributed by atoms with Crippen LogP contribution in [0.15, 0.2) is 18.2 Å². The summed E-state index contributed by atoms with van der Waals surface area (Å²) in [7, 11) is 2.21. The van der Waals surface area contributed by atoms with Gasteiger partial charge >= 0.3 is 6.03 Å². The van der Waals surface area contributed by atoms with Crippen LogP contribution in [0.1, 0.15) is 31.2 Å². The summed E-state index contributed by atoms with van der Waals surface area (Å²) in [4.78, 5) is 17.4. The van der Waals surface area contributed by atoms with Gasteiger partial charge in [0, 0.05) is 37.3 Å². The van der Waals surface area contributed by atoms with E-state index in [0.717, 1.165) is 56.4 Å². The maximum Gasteiger partial charge on any atom is 0.319 e. The van der Waals surface area contributed by atoms with Crippen LogP contribution in [0.2, 0.25) is 0 Å². The second kappa shape index (κ2) is 7.84. The van der Waals surface area contributed by atoms with Crippen LogP contribution in [-0.2, 0) is 6.42 Å². The highest BCUT2D eigenvalue weighted by molar-refractivity contribution is 5.89. The smallest absolute Gasteiger partial charge is 0.319 e. The molecule has 142 valence electrons. The molecule has 0 atom stereocenters. The highest BCUT2D eigenvalue weighted by atomic mass is 16.5. The molecule has 1 aromatic carbocycles. The van der Waals surface area contributed by atoms with Crippen molar-refractivity contribution in [3.8, 4) is 5.75 Å². The van der Waals surface area contributed by atoms with E-state index in [2.05, 4.69) is 27.5 Å². The number of carbonyl (C=O) groups is 1. The van der Waals surface area contributed by atoms with E-state index in [1.165, 1.54) is 31.5 Å². The van der Waals surface area contributed by atoms with Crippen LogP contribution >= 0.6 is 0 Å². The number of hydrogen-bond donors (Lipinski definition) is 2. The van der Waals surface area contributed by atoms with Crippen LogP contribution in [0.3, 0.4) is 0 Å². The summed E-state index contributed by atoms with van der Waals surface area (Å²) in [6, 6.07) is 6.78. The monoisotopic (exact) mass is 358 g/mol. The van der Waals surface area contributed by atoms with E-state index in [1.807, 2.05) is 18.2 Å². The Kier molecular flexibility index (Phi) is 5.31. The molecule has 2 N–H and O–H groups in total. The number of carbonyl (C=O) groups excluding carboxylic acids is 1. The number of urea groups is 1. The Morgan fingerprint density at radius 1 is 1.12 bits per heavy atom. The Labute approximate surface area is 155 Å². The zero-order valence-corrected chi connectivity index (χ0v) is 15.7. The van der Waals surface area contributed by atoms with Gasteiger partial charge in [-0.25, -0.2) is 4.79 Å². The molecule has 3 aliphatic heterocycles. The number of anilines is 1. The van der Waals surface area contributed by atoms with E-state index >= 15 is 0 Å². The lowest BCUT2D eigenvalue weighted by Crippen LogP contribution is -2.51. The summed E-state index contributed by atoms with van der Waals surface area (Å²) in [6.07, 6.45) is 5.55. The number of amides is 2. The first-order chi connectivity index (χ1) is 12.7. The normalized spacial score (nSPS) is 22.7. The van der Waals surface area contributed by atoms with Crippen LogP contribution in [0.25, 0.3) is 0 Å². The molecule has 2 fully saturated rings. The SMILES string of the molecule is CN1CCC(N2CCC(NC(=O)Nc3ccc4c(c3)CCO4)CC2)CC1. The third kappa shape index (κ3) is 4.13. The van der Waals surface area contributed by atoms with Gasteiger partial charge < -0.3 is 25.2 Å². The Balaban J connectivity index is 1.22. The molecule has 2 amide bonds. The number of piperidine rings is 2. The second-order valence-electron chi connectivity index (χ2n) is 7.86. The molecular formula is C20H30N4O2. The molecule has 0 aliphatic carbocycles. The van der Waals surface area contributed by atoms with E-state index < -0.39 is 0 Å². The fourth-order valence-electron chi connectivity index (χ4n) is 4.39. The molecule has 6 nitrogen and oxygen atoms in total. The fraction of sp³-hybridized carbons (Fsp3) is 0.650. The lowest BCUT2D eigenvalue weighted by Gasteiger charge is -2.41. The molecule has 0 unspecified atom stereocenters. The summed E-state index contributed by atoms with van der Waals surface area (Å²) in [6.45, 7) is 5.33. The molecular weight excluding hydrogens is 328 g/mol. The first kappa shape index (κ1) is 17.6. The molecule has 6 heteroatoms. The molecule has 26 heavy (non-hydrogen) atoms. The predicted octanol–water partition coefficient (Wildman–Crippen LogP) is 2.30. The Hall–Kier alpha value is -1.79. The largest absolute Gasteiger partial charge is 0.493 e. The summed E-state index contributed by atoms with van der Waals surface area (Å²) < 4.78 is 5.51. The van der Waals surface area contributed by atoms with Crippen molar-refractivity contribution in [2.45, 2.75) is 44.2 Å². The standard InChI is InChI=1S/C20H30N4O2/c1-23-9-6-18(7-10-23)24-11-4-16(5-12-24)21-20(25)22-17-2-3-19-15(14-17)8-13-26-19/h2-3,14,16,18H,4-13H2,1H3,(H2,21,22,25). The maximum atomic E-state index is 12.3. The van der Waals surface area contributed by atoms with E-state index in [0.29, 0.717) is 0 Å². The minimum Gasteiger partial charge on any atom is -0.493 e. The van der Waals surface area contributed by atoms with Crippen LogP contribution < -0.4 is 15.4 Å². The van der Waals surface area contributed by atoms with Gasteiger partial charge in [0.2, 0.25) is 0 Å². The van der Waals surface area contributed by atoms with Gasteiger partial charge in [-0.2, -0.15) is 0 Å². The molecule has 0 saturated carbocycles. The predicted molar refractivity (Wildman–Crippen MR) is 103 cm³/mol. The lowest BCUT2D eigenvalue weighted by molar-refractivity contribution is 0.0938. The topological polar surface area (TPSA) is 56.8 Å². The van der Waals surface area contributed by atoms with Gasteiger partial charge in [0.25, 0.3) is 0 Å². The van der Waals surface area contributed by atoms with Crippen molar-refractivity contribution in [3.05, 3.63) is 23.8 Å². The zero-order chi connectivity index (χ0) is 17.9. The fourth-order valence-corrected chi connectivity index (χ4v) is 4.39. The highest BCUT2D eigenvalue weighted by Gasteiger charge is 2.27. The van der Waals surface area contributed by atoms with Crippen molar-refractivity contribution < 1.29 is 9.53 Å². The van der Waals surface area contributed by atoms with Crippen molar-refractivity contribution in [3.63, 3.8) is 0 Å². The molecule has 3 aliphatic rings. The van der Waals surface area contributed by atoms with Crippen molar-refractivity contribution in [2.24, 2.45) is 0 Å². The minimum atomic E-state index is -0.0957. The van der Waals surface area contributed by atoms with Gasteiger partial charge in [-0.1, -0.05) is 0 Å². The second-order valence-corrected chi connectivity index (χ2v) is 7.86. The van der Waals surface area contributed by atoms with Gasteiger partial charge in [-0.3, -0.25) is 0 Å². The Morgan fingerprint density at radius 2 is 1.88 bits per heavy atom. The van der Waals surface area contributed by atoms with Gasteiger partial charge in [0.15, 0.2) is 0 Å². The van der Waals surface area contributed by atoms with Crippen LogP contribution in [0.5, 0.6) is 5.75 Å². The van der Waals surface area contributed by atoms with Gasteiger partial charge in [-0.15, -0.1) is 0 Å². The summed E-state index contributed by atoms with van der Waals surface area (Å²) in [5, 5.41) is 6.12. The van der Waals surface area contributed by atoms with Crippen LogP contribution in [0.4, 0.5) is 10.5 Å². The molecule has 2 saturated heterocycles. The van der Waals surface area contributed by atoms with Crippen LogP contribution in [-0.4, -0.2) is 67.7 Å². The molecule has 0 bridgehead atoms. The number of ether oxygens (including phenoxy) is 1. The number of nitrogens with zero attached hydrogens (tertiary/aromatic N) is 2. The van der Waals surface area contributed by atoms with Crippen molar-refractivity contribution in [1.82, 2.24) is 15.1 Å². The quantitative estimate of drug-likeness (QED) is 0.871. The van der Waals surface area contributed by atoms with Gasteiger partial charge in [-0.05, 0) is 69.6 Å². The van der Waals surface area contributed by atoms with E-state index in [4.69, 9.17) is 4.74 Å². The van der Waals surface area contributed by atoms with Gasteiger partial charge in [0.05, 0.1) is 6.61 Å². The Bertz CT molecular complexity index is 635. The molecule has 3 heterocycles. The number of fused-ring (bicyclic) bond motifs is 1. The van der Waals surface area contributed by atoms with Crippen molar-refractivity contribution in [1.29, 1.82) is 0 Å². The number of benzene rings is 1. The summed E-state index contributed by atoms with van der Waals surface area (Å²) in [5.41, 5.74) is 2.02. The average molecular weight is 358 g/mol. The average Bonchev–Trinajstić information content (AvgIpc) is 3.11. The van der Waals surface area contributed by atoms with E-state index in [1.54, 1.807) is 0 Å². The molecule has 0 aromatic heterocycles. The van der Waals surface area contributed by atoms with E-state index in [9.17, 15) is 4.79 Å². The maximum absolute atomic E-state index is 12.3. The first-order valence-corrected chi connectivity index (χ1v) is 9.93. The minimum absolute atomic E-state index is 0.0957. The number of rotatable bonds is 3. The van der Waals surface area contributed by atoms with Gasteiger partial charge in [0.1, 0.15) is 5.75 Å². The molecule has 4 rings (SSSR count). The number of likely N-dealkylation sites (tertiary alicyclic amines) is 2. The molecule has 1 aromatic rings. The van der Waals surface area contributed by atoms with Crippen LogP contribution in [0, 0.1) is 0 Å². The Morgan fingerprint density at radius 3 is 2.65 bits per heavy atom. The van der Waals surface area contributed by atoms with E-state index in [-0.39, 0.29) is 12.1 Å². The number of nitrogens with one attached hydrogen (secondary N) is 2. The lowest BCUT2D eigenvalue weighted by atomic mass is 9.98. The summed E-state index contributed by atoms with van der Waals surface area (Å²) >= 11 is 0. The third-order valence-corrected chi connectivity index (χ3v) is 6.02. The van der Waals surface area contributed by atoms with Crippen molar-refractivity contribution in [2.75, 3.05) is 45.2 Å². The molecule has 0 radical (unpaired) electrons. The zero-order valence-electron chi connectivity index (χ0n) is 15.7. The number of hydrogen-bond acceptors (Lipinski definition) is 4. The summed E-state index contributed by atoms with van der Waals surface area (Å²) in [5.74, 6) is 0.942. The van der Waals surface area contributed by atoms with Crippen molar-refractivity contribution >= 4 is 11.7 Å². The molecule has 0 spiro atoms. The third-order valence-electron chi connectivity index (χ3n) is 6.02. The highest BCUT2D eigenvalue weighted by Crippen LogP contribution is 2.28. The first-order valence-electron chi connectivity index (χ1n) is 9.93.